The summed E-state index contributed by atoms with van der Waals surface area (Å²) < 4.78 is 6.02. The minimum atomic E-state index is -0.114. The average Bonchev–Trinajstić information content (AvgIpc) is 3.15. The van der Waals surface area contributed by atoms with Gasteiger partial charge in [-0.2, -0.15) is 0 Å². The molecule has 160 valence electrons. The van der Waals surface area contributed by atoms with Gasteiger partial charge in [0.05, 0.1) is 0 Å². The van der Waals surface area contributed by atoms with Crippen LogP contribution < -0.4 is 0 Å². The Morgan fingerprint density at radius 1 is 1.00 bits per heavy atom. The number of amides is 2. The second-order valence-corrected chi connectivity index (χ2v) is 8.91. The molecular weight excluding hydrogens is 412 g/mol. The van der Waals surface area contributed by atoms with Gasteiger partial charge in [-0.05, 0) is 25.0 Å². The number of para-hydroxylation sites is 1. The Labute approximate surface area is 184 Å². The lowest BCUT2D eigenvalue weighted by atomic mass is 9.84. The number of carbonyl (C=O) groups is 2. The normalized spacial score (nSPS) is 17.0. The maximum absolute atomic E-state index is 13.4. The van der Waals surface area contributed by atoms with Crippen molar-refractivity contribution in [2.75, 3.05) is 26.2 Å². The zero-order valence-corrected chi connectivity index (χ0v) is 18.0. The third-order valence-corrected chi connectivity index (χ3v) is 7.02. The molecule has 1 aromatic carbocycles. The molecule has 3 heterocycles. The van der Waals surface area contributed by atoms with Gasteiger partial charge in [0.15, 0.2) is 10.9 Å². The molecular formula is C23H24N4O3S. The molecule has 3 aromatic rings. The van der Waals surface area contributed by atoms with Crippen LogP contribution >= 0.6 is 11.8 Å². The third-order valence-electron chi connectivity index (χ3n) is 6.11. The first kappa shape index (κ1) is 20.1. The first-order chi connectivity index (χ1) is 15.2. The first-order valence-corrected chi connectivity index (χ1v) is 11.7. The molecule has 1 saturated carbocycles. The minimum absolute atomic E-state index is 0.114. The lowest BCUT2D eigenvalue weighted by Gasteiger charge is -2.38. The molecule has 5 rings (SSSR count). The van der Waals surface area contributed by atoms with Crippen LogP contribution in [0.25, 0.3) is 11.0 Å². The first-order valence-electron chi connectivity index (χ1n) is 10.7. The van der Waals surface area contributed by atoms with E-state index in [0.29, 0.717) is 48.4 Å². The Kier molecular flexibility index (Phi) is 5.63. The fourth-order valence-corrected chi connectivity index (χ4v) is 4.93. The molecule has 0 atom stereocenters. The predicted molar refractivity (Wildman–Crippen MR) is 118 cm³/mol. The predicted octanol–water partition coefficient (Wildman–Crippen LogP) is 3.60. The monoisotopic (exact) mass is 436 g/mol. The van der Waals surface area contributed by atoms with E-state index in [9.17, 15) is 9.59 Å². The molecule has 2 aromatic heterocycles. The summed E-state index contributed by atoms with van der Waals surface area (Å²) >= 11 is 1.48. The smallest absolute Gasteiger partial charge is 0.290 e. The fraction of sp³-hybridized carbons (Fsp3) is 0.391. The number of nitrogens with zero attached hydrogens (tertiary/aromatic N) is 4. The van der Waals surface area contributed by atoms with E-state index in [1.165, 1.54) is 11.8 Å². The summed E-state index contributed by atoms with van der Waals surface area (Å²) in [4.78, 5) is 38.1. The van der Waals surface area contributed by atoms with Gasteiger partial charge in [0.25, 0.3) is 5.91 Å². The highest BCUT2D eigenvalue weighted by molar-refractivity contribution is 7.98. The number of fused-ring (bicyclic) bond motifs is 1. The van der Waals surface area contributed by atoms with Crippen LogP contribution in [0, 0.1) is 5.92 Å². The fourth-order valence-electron chi connectivity index (χ4n) is 4.10. The van der Waals surface area contributed by atoms with Gasteiger partial charge in [0.1, 0.15) is 5.58 Å². The van der Waals surface area contributed by atoms with Gasteiger partial charge in [0, 0.05) is 61.2 Å². The average molecular weight is 437 g/mol. The number of rotatable bonds is 5. The second-order valence-electron chi connectivity index (χ2n) is 7.97. The Morgan fingerprint density at radius 3 is 2.42 bits per heavy atom. The van der Waals surface area contributed by atoms with Crippen LogP contribution in [0.4, 0.5) is 0 Å². The molecule has 2 aliphatic rings. The molecule has 0 bridgehead atoms. The van der Waals surface area contributed by atoms with E-state index < -0.39 is 0 Å². The van der Waals surface area contributed by atoms with Crippen molar-refractivity contribution in [3.8, 4) is 0 Å². The molecule has 1 aliphatic heterocycles. The quantitative estimate of drug-likeness (QED) is 0.449. The van der Waals surface area contributed by atoms with Crippen molar-refractivity contribution in [2.45, 2.75) is 30.2 Å². The maximum atomic E-state index is 13.4. The van der Waals surface area contributed by atoms with E-state index in [4.69, 9.17) is 4.42 Å². The number of carbonyl (C=O) groups excluding carboxylic acids is 2. The molecule has 1 saturated heterocycles. The molecule has 1 aliphatic carbocycles. The van der Waals surface area contributed by atoms with Crippen molar-refractivity contribution in [2.24, 2.45) is 5.92 Å². The van der Waals surface area contributed by atoms with Crippen LogP contribution in [0.3, 0.4) is 0 Å². The van der Waals surface area contributed by atoms with E-state index in [2.05, 4.69) is 9.97 Å². The topological polar surface area (TPSA) is 79.5 Å². The van der Waals surface area contributed by atoms with Gasteiger partial charge in [-0.25, -0.2) is 9.97 Å². The molecule has 0 unspecified atom stereocenters. The van der Waals surface area contributed by atoms with Gasteiger partial charge in [-0.1, -0.05) is 36.4 Å². The number of thioether (sulfide) groups is 1. The zero-order chi connectivity index (χ0) is 21.2. The number of furan rings is 1. The Morgan fingerprint density at radius 2 is 1.71 bits per heavy atom. The van der Waals surface area contributed by atoms with Gasteiger partial charge in [0.2, 0.25) is 5.91 Å². The number of benzene rings is 1. The minimum Gasteiger partial charge on any atom is -0.451 e. The van der Waals surface area contributed by atoms with E-state index in [1.807, 2.05) is 29.2 Å². The summed E-state index contributed by atoms with van der Waals surface area (Å²) in [6, 6.07) is 9.50. The highest BCUT2D eigenvalue weighted by Gasteiger charge is 2.33. The van der Waals surface area contributed by atoms with Gasteiger partial charge in [-0.3, -0.25) is 9.59 Å². The lowest BCUT2D eigenvalue weighted by molar-refractivity contribution is -0.139. The molecule has 8 heteroatoms. The molecule has 2 amide bonds. The van der Waals surface area contributed by atoms with Gasteiger partial charge < -0.3 is 14.2 Å². The molecule has 0 N–H and O–H groups in total. The van der Waals surface area contributed by atoms with Crippen LogP contribution in [0.5, 0.6) is 0 Å². The lowest BCUT2D eigenvalue weighted by Crippen LogP contribution is -2.52. The molecule has 0 radical (unpaired) electrons. The second kappa shape index (κ2) is 8.70. The Hall–Kier alpha value is -2.87. The molecule has 2 fully saturated rings. The largest absolute Gasteiger partial charge is 0.451 e. The Bertz CT molecular complexity index is 1090. The number of hydrogen-bond donors (Lipinski definition) is 0. The zero-order valence-electron chi connectivity index (χ0n) is 17.2. The summed E-state index contributed by atoms with van der Waals surface area (Å²) in [6.45, 7) is 2.23. The van der Waals surface area contributed by atoms with E-state index >= 15 is 0 Å². The van der Waals surface area contributed by atoms with Crippen LogP contribution in [0.2, 0.25) is 0 Å². The van der Waals surface area contributed by atoms with Crippen LogP contribution in [-0.2, 0) is 10.5 Å². The van der Waals surface area contributed by atoms with Crippen LogP contribution in [0.15, 0.2) is 52.3 Å². The summed E-state index contributed by atoms with van der Waals surface area (Å²) in [7, 11) is 0. The van der Waals surface area contributed by atoms with Crippen molar-refractivity contribution < 1.29 is 14.0 Å². The van der Waals surface area contributed by atoms with Gasteiger partial charge in [-0.15, -0.1) is 0 Å². The molecule has 0 spiro atoms. The van der Waals surface area contributed by atoms with Crippen molar-refractivity contribution in [1.29, 1.82) is 0 Å². The van der Waals surface area contributed by atoms with Crippen molar-refractivity contribution in [3.05, 3.63) is 54.0 Å². The highest BCUT2D eigenvalue weighted by atomic mass is 32.2. The van der Waals surface area contributed by atoms with Gasteiger partial charge >= 0.3 is 0 Å². The third kappa shape index (κ3) is 4.04. The standard InChI is InChI=1S/C23H24N4O3S/c28-21(16-5-3-6-16)26-11-13-27(14-12-26)22(29)20-18(15-31-23-24-9-4-10-25-23)17-7-1-2-8-19(17)30-20/h1-2,4,7-10,16H,3,5-6,11-15H2. The summed E-state index contributed by atoms with van der Waals surface area (Å²) in [5, 5.41) is 1.60. The summed E-state index contributed by atoms with van der Waals surface area (Å²) in [5.74, 6) is 1.26. The number of piperazine rings is 1. The SMILES string of the molecule is O=C(c1oc2ccccc2c1CSc1ncccn1)N1CCN(C(=O)C2CCC2)CC1. The molecule has 7 nitrogen and oxygen atoms in total. The Balaban J connectivity index is 1.33. The number of aromatic nitrogens is 2. The van der Waals surface area contributed by atoms with E-state index in [-0.39, 0.29) is 17.7 Å². The van der Waals surface area contributed by atoms with E-state index in [1.54, 1.807) is 23.4 Å². The number of hydrogen-bond acceptors (Lipinski definition) is 6. The molecule has 31 heavy (non-hydrogen) atoms. The van der Waals surface area contributed by atoms with Crippen LogP contribution in [0.1, 0.15) is 35.4 Å². The van der Waals surface area contributed by atoms with Crippen molar-refractivity contribution >= 4 is 34.5 Å². The van der Waals surface area contributed by atoms with E-state index in [0.717, 1.165) is 30.2 Å². The highest BCUT2D eigenvalue weighted by Crippen LogP contribution is 2.32. The van der Waals surface area contributed by atoms with Crippen LogP contribution in [-0.4, -0.2) is 57.8 Å². The summed E-state index contributed by atoms with van der Waals surface area (Å²) in [5.41, 5.74) is 1.57. The summed E-state index contributed by atoms with van der Waals surface area (Å²) in [6.07, 6.45) is 6.57. The van der Waals surface area contributed by atoms with Crippen molar-refractivity contribution in [3.63, 3.8) is 0 Å². The van der Waals surface area contributed by atoms with Crippen molar-refractivity contribution in [1.82, 2.24) is 19.8 Å². The maximum Gasteiger partial charge on any atom is 0.290 e.